The maximum Gasteiger partial charge on any atom is 0.325 e. The number of benzene rings is 1. The number of amides is 4. The molecule has 0 saturated carbocycles. The fourth-order valence-corrected chi connectivity index (χ4v) is 3.55. The Kier molecular flexibility index (Phi) is 4.26. The molecule has 8 nitrogen and oxygen atoms in total. The van der Waals surface area contributed by atoms with Crippen molar-refractivity contribution in [1.29, 1.82) is 0 Å². The average molecular weight is 381 g/mol. The number of anilines is 1. The second-order valence-corrected chi connectivity index (χ2v) is 7.04. The molecule has 8 heteroatoms. The number of imide groups is 1. The number of carbonyl (C=O) groups excluding carboxylic acids is 4. The van der Waals surface area contributed by atoms with Crippen LogP contribution in [0.15, 0.2) is 47.1 Å². The van der Waals surface area contributed by atoms with E-state index in [4.69, 9.17) is 4.42 Å². The molecule has 4 amide bonds. The summed E-state index contributed by atoms with van der Waals surface area (Å²) in [5.41, 5.74) is -0.233. The highest BCUT2D eigenvalue weighted by Crippen LogP contribution is 2.29. The number of Topliss-reactive ketones (excluding diaryl/α,β-unsaturated/α-hetero) is 1. The summed E-state index contributed by atoms with van der Waals surface area (Å²) < 4.78 is 5.27. The highest BCUT2D eigenvalue weighted by Gasteiger charge is 2.51. The smallest absolute Gasteiger partial charge is 0.325 e. The number of ketones is 1. The second-order valence-electron chi connectivity index (χ2n) is 7.04. The van der Waals surface area contributed by atoms with Gasteiger partial charge in [0, 0.05) is 24.2 Å². The summed E-state index contributed by atoms with van der Waals surface area (Å²) in [7, 11) is 0. The van der Waals surface area contributed by atoms with Gasteiger partial charge in [-0.25, -0.2) is 4.79 Å². The first-order valence-corrected chi connectivity index (χ1v) is 9.02. The van der Waals surface area contributed by atoms with Gasteiger partial charge in [0.05, 0.1) is 12.8 Å². The Hall–Kier alpha value is -3.42. The van der Waals surface area contributed by atoms with Crippen LogP contribution in [0.5, 0.6) is 0 Å². The molecule has 0 aliphatic carbocycles. The molecule has 1 aromatic carbocycles. The maximum absolute atomic E-state index is 12.8. The summed E-state index contributed by atoms with van der Waals surface area (Å²) in [5.74, 6) is -0.539. The summed E-state index contributed by atoms with van der Waals surface area (Å²) >= 11 is 0. The molecule has 1 unspecified atom stereocenters. The van der Waals surface area contributed by atoms with E-state index in [9.17, 15) is 19.2 Å². The summed E-state index contributed by atoms with van der Waals surface area (Å²) in [5, 5.41) is 2.59. The number of nitrogens with zero attached hydrogens (tertiary/aromatic N) is 2. The fraction of sp³-hybridized carbons (Fsp3) is 0.300. The lowest BCUT2D eigenvalue weighted by Crippen LogP contribution is -2.41. The number of hydrogen-bond acceptors (Lipinski definition) is 5. The van der Waals surface area contributed by atoms with Crippen LogP contribution in [0.2, 0.25) is 0 Å². The van der Waals surface area contributed by atoms with E-state index in [1.165, 1.54) is 6.26 Å². The van der Waals surface area contributed by atoms with Crippen LogP contribution in [0, 0.1) is 0 Å². The summed E-state index contributed by atoms with van der Waals surface area (Å²) in [6, 6.07) is 9.20. The third kappa shape index (κ3) is 2.87. The van der Waals surface area contributed by atoms with Crippen molar-refractivity contribution in [3.63, 3.8) is 0 Å². The van der Waals surface area contributed by atoms with Gasteiger partial charge in [-0.3, -0.25) is 19.3 Å². The molecule has 1 N–H and O–H groups in total. The molecule has 28 heavy (non-hydrogen) atoms. The number of furan rings is 1. The minimum absolute atomic E-state index is 0.0654. The number of nitrogens with one attached hydrogen (secondary N) is 1. The van der Waals surface area contributed by atoms with E-state index < -0.39 is 17.5 Å². The molecule has 1 aromatic heterocycles. The molecule has 144 valence electrons. The summed E-state index contributed by atoms with van der Waals surface area (Å²) in [4.78, 5) is 52.0. The molecular weight excluding hydrogens is 362 g/mol. The van der Waals surface area contributed by atoms with Gasteiger partial charge in [-0.05, 0) is 49.7 Å². The van der Waals surface area contributed by atoms with Crippen molar-refractivity contribution in [2.75, 3.05) is 18.0 Å². The largest absolute Gasteiger partial charge is 0.466 e. The second kappa shape index (κ2) is 6.63. The van der Waals surface area contributed by atoms with Gasteiger partial charge in [-0.15, -0.1) is 0 Å². The Morgan fingerprint density at radius 2 is 1.93 bits per heavy atom. The highest BCUT2D eigenvalue weighted by molar-refractivity contribution is 6.11. The van der Waals surface area contributed by atoms with Gasteiger partial charge in [0.15, 0.2) is 11.3 Å². The number of urea groups is 1. The Morgan fingerprint density at radius 3 is 2.54 bits per heavy atom. The van der Waals surface area contributed by atoms with Crippen molar-refractivity contribution < 1.29 is 23.6 Å². The molecule has 2 aliphatic heterocycles. The van der Waals surface area contributed by atoms with Crippen LogP contribution in [-0.4, -0.2) is 41.6 Å². The standard InChI is InChI=1S/C20H19N3O5/c1-20(16-4-3-11-28-16)18(26)23(19(27)21-20)12-15(24)13-6-8-14(9-7-13)22-10-2-5-17(22)25/h3-4,6-9,11H,2,5,10,12H2,1H3,(H,21,27). The maximum atomic E-state index is 12.8. The third-order valence-corrected chi connectivity index (χ3v) is 5.17. The minimum atomic E-state index is -1.33. The lowest BCUT2D eigenvalue weighted by molar-refractivity contribution is -0.131. The molecule has 2 fully saturated rings. The lowest BCUT2D eigenvalue weighted by atomic mass is 9.99. The zero-order chi connectivity index (χ0) is 19.9. The van der Waals surface area contributed by atoms with Gasteiger partial charge in [0.2, 0.25) is 5.91 Å². The van der Waals surface area contributed by atoms with E-state index >= 15 is 0 Å². The predicted molar refractivity (Wildman–Crippen MR) is 98.7 cm³/mol. The molecule has 3 heterocycles. The van der Waals surface area contributed by atoms with Gasteiger partial charge in [-0.2, -0.15) is 0 Å². The van der Waals surface area contributed by atoms with Crippen molar-refractivity contribution in [2.45, 2.75) is 25.3 Å². The van der Waals surface area contributed by atoms with Crippen LogP contribution in [0.25, 0.3) is 0 Å². The first-order valence-electron chi connectivity index (χ1n) is 9.02. The summed E-state index contributed by atoms with van der Waals surface area (Å²) in [6.07, 6.45) is 2.77. The number of rotatable bonds is 5. The van der Waals surface area contributed by atoms with E-state index in [1.807, 2.05) is 0 Å². The molecule has 0 radical (unpaired) electrons. The van der Waals surface area contributed by atoms with E-state index in [1.54, 1.807) is 48.2 Å². The topological polar surface area (TPSA) is 99.9 Å². The van der Waals surface area contributed by atoms with E-state index in [-0.39, 0.29) is 18.2 Å². The molecule has 2 saturated heterocycles. The Balaban J connectivity index is 1.48. The van der Waals surface area contributed by atoms with Crippen LogP contribution in [-0.2, 0) is 15.1 Å². The normalized spacial score (nSPS) is 22.1. The van der Waals surface area contributed by atoms with Gasteiger partial charge in [0.1, 0.15) is 5.76 Å². The summed E-state index contributed by atoms with van der Waals surface area (Å²) in [6.45, 7) is 1.83. The van der Waals surface area contributed by atoms with Gasteiger partial charge >= 0.3 is 6.03 Å². The van der Waals surface area contributed by atoms with Crippen LogP contribution >= 0.6 is 0 Å². The van der Waals surface area contributed by atoms with Gasteiger partial charge in [-0.1, -0.05) is 0 Å². The first kappa shape index (κ1) is 18.0. The Labute approximate surface area is 161 Å². The molecule has 1 atom stereocenters. The number of carbonyl (C=O) groups is 4. The van der Waals surface area contributed by atoms with E-state index in [2.05, 4.69) is 5.32 Å². The fourth-order valence-electron chi connectivity index (χ4n) is 3.55. The predicted octanol–water partition coefficient (Wildman–Crippen LogP) is 2.06. The van der Waals surface area contributed by atoms with Crippen LogP contribution in [0.1, 0.15) is 35.9 Å². The van der Waals surface area contributed by atoms with Crippen molar-refractivity contribution in [1.82, 2.24) is 10.2 Å². The SMILES string of the molecule is CC1(c2ccco2)NC(=O)N(CC(=O)c2ccc(N3CCCC3=O)cc2)C1=O. The highest BCUT2D eigenvalue weighted by atomic mass is 16.3. The Bertz CT molecular complexity index is 951. The molecular formula is C20H19N3O5. The molecule has 2 aliphatic rings. The molecule has 4 rings (SSSR count). The van der Waals surface area contributed by atoms with Crippen molar-refractivity contribution >= 4 is 29.3 Å². The molecule has 0 spiro atoms. The molecule has 0 bridgehead atoms. The zero-order valence-corrected chi connectivity index (χ0v) is 15.3. The minimum Gasteiger partial charge on any atom is -0.466 e. The van der Waals surface area contributed by atoms with E-state index in [0.29, 0.717) is 24.3 Å². The third-order valence-electron chi connectivity index (χ3n) is 5.17. The van der Waals surface area contributed by atoms with Gasteiger partial charge < -0.3 is 14.6 Å². The number of hydrogen-bond donors (Lipinski definition) is 1. The van der Waals surface area contributed by atoms with Crippen molar-refractivity contribution in [3.05, 3.63) is 54.0 Å². The molecule has 2 aromatic rings. The van der Waals surface area contributed by atoms with Crippen LogP contribution < -0.4 is 10.2 Å². The monoisotopic (exact) mass is 381 g/mol. The van der Waals surface area contributed by atoms with E-state index in [0.717, 1.165) is 17.0 Å². The first-order chi connectivity index (χ1) is 13.4. The average Bonchev–Trinajstić information content (AvgIpc) is 3.40. The van der Waals surface area contributed by atoms with Crippen molar-refractivity contribution in [3.8, 4) is 0 Å². The lowest BCUT2D eigenvalue weighted by Gasteiger charge is -2.19. The van der Waals surface area contributed by atoms with Crippen LogP contribution in [0.4, 0.5) is 10.5 Å². The van der Waals surface area contributed by atoms with Gasteiger partial charge in [0.25, 0.3) is 5.91 Å². The van der Waals surface area contributed by atoms with Crippen LogP contribution in [0.3, 0.4) is 0 Å². The zero-order valence-electron chi connectivity index (χ0n) is 15.3. The quantitative estimate of drug-likeness (QED) is 0.631. The van der Waals surface area contributed by atoms with Crippen molar-refractivity contribution in [2.24, 2.45) is 0 Å². The Morgan fingerprint density at radius 1 is 1.18 bits per heavy atom.